The molecule has 0 saturated heterocycles. The van der Waals surface area contributed by atoms with Crippen molar-refractivity contribution in [2.45, 2.75) is 57.7 Å². The summed E-state index contributed by atoms with van der Waals surface area (Å²) in [6.45, 7) is 8.92. The Labute approximate surface area is 118 Å². The Hall–Kier alpha value is -0.130. The van der Waals surface area contributed by atoms with Crippen molar-refractivity contribution in [3.05, 3.63) is 0 Å². The molecule has 0 amide bonds. The van der Waals surface area contributed by atoms with E-state index in [9.17, 15) is 8.42 Å². The average Bonchev–Trinajstić information content (AvgIpc) is 2.76. The molecule has 2 N–H and O–H groups in total. The zero-order valence-corrected chi connectivity index (χ0v) is 13.7. The van der Waals surface area contributed by atoms with Gasteiger partial charge in [0.2, 0.25) is 0 Å². The number of hydrogen-bond donors (Lipinski definition) is 1. The second-order valence-electron chi connectivity index (χ2n) is 6.71. The van der Waals surface area contributed by atoms with Gasteiger partial charge in [-0.1, -0.05) is 27.2 Å². The molecule has 1 aliphatic rings. The molecule has 114 valence electrons. The minimum absolute atomic E-state index is 0.0415. The monoisotopic (exact) mass is 290 g/mol. The highest BCUT2D eigenvalue weighted by Gasteiger charge is 2.39. The Morgan fingerprint density at radius 1 is 1.32 bits per heavy atom. The highest BCUT2D eigenvalue weighted by Crippen LogP contribution is 2.31. The fourth-order valence-corrected chi connectivity index (χ4v) is 4.56. The van der Waals surface area contributed by atoms with Crippen molar-refractivity contribution in [1.82, 2.24) is 4.90 Å². The molecule has 5 heteroatoms. The Morgan fingerprint density at radius 2 is 1.95 bits per heavy atom. The Kier molecular flexibility index (Phi) is 5.83. The highest BCUT2D eigenvalue weighted by atomic mass is 32.2. The predicted molar refractivity (Wildman–Crippen MR) is 81.0 cm³/mol. The van der Waals surface area contributed by atoms with Crippen LogP contribution in [-0.4, -0.2) is 50.5 Å². The van der Waals surface area contributed by atoms with E-state index in [1.807, 2.05) is 0 Å². The first kappa shape index (κ1) is 16.9. The van der Waals surface area contributed by atoms with Gasteiger partial charge in [-0.3, -0.25) is 4.90 Å². The van der Waals surface area contributed by atoms with Crippen LogP contribution in [0.4, 0.5) is 0 Å². The predicted octanol–water partition coefficient (Wildman–Crippen LogP) is 1.65. The zero-order chi connectivity index (χ0) is 14.7. The minimum atomic E-state index is -2.95. The van der Waals surface area contributed by atoms with Gasteiger partial charge < -0.3 is 5.73 Å². The molecular formula is C14H30N2O2S. The van der Waals surface area contributed by atoms with E-state index in [2.05, 4.69) is 25.7 Å². The summed E-state index contributed by atoms with van der Waals surface area (Å²) in [4.78, 5) is 2.37. The van der Waals surface area contributed by atoms with Gasteiger partial charge in [0.1, 0.15) is 0 Å². The fraction of sp³-hybridized carbons (Fsp3) is 1.00. The first-order chi connectivity index (χ1) is 8.71. The quantitative estimate of drug-likeness (QED) is 0.774. The van der Waals surface area contributed by atoms with Gasteiger partial charge in [0, 0.05) is 18.8 Å². The molecule has 0 aromatic carbocycles. The van der Waals surface area contributed by atoms with Crippen molar-refractivity contribution < 1.29 is 8.42 Å². The van der Waals surface area contributed by atoms with Gasteiger partial charge in [-0.2, -0.15) is 0 Å². The maximum Gasteiger partial charge on any atom is 0.151 e. The van der Waals surface area contributed by atoms with Gasteiger partial charge in [-0.25, -0.2) is 8.42 Å². The van der Waals surface area contributed by atoms with Crippen LogP contribution in [0, 0.1) is 5.41 Å². The van der Waals surface area contributed by atoms with Crippen LogP contribution in [0.1, 0.15) is 46.5 Å². The molecule has 0 heterocycles. The maximum absolute atomic E-state index is 11.9. The topological polar surface area (TPSA) is 63.4 Å². The molecule has 0 aromatic heterocycles. The molecule has 2 atom stereocenters. The van der Waals surface area contributed by atoms with E-state index in [1.54, 1.807) is 0 Å². The minimum Gasteiger partial charge on any atom is -0.330 e. The zero-order valence-electron chi connectivity index (χ0n) is 12.9. The van der Waals surface area contributed by atoms with E-state index in [0.717, 1.165) is 38.8 Å². The summed E-state index contributed by atoms with van der Waals surface area (Å²) in [6, 6.07) is 0.181. The van der Waals surface area contributed by atoms with Gasteiger partial charge in [-0.15, -0.1) is 0 Å². The SMILES string of the molecule is CCCN(CC(C)(C)CN)C1CCCC1S(C)(=O)=O. The lowest BCUT2D eigenvalue weighted by atomic mass is 9.92. The smallest absolute Gasteiger partial charge is 0.151 e. The molecule has 1 saturated carbocycles. The second-order valence-corrected chi connectivity index (χ2v) is 8.97. The maximum atomic E-state index is 11.9. The highest BCUT2D eigenvalue weighted by molar-refractivity contribution is 7.91. The van der Waals surface area contributed by atoms with E-state index >= 15 is 0 Å². The summed E-state index contributed by atoms with van der Waals surface area (Å²) >= 11 is 0. The average molecular weight is 290 g/mol. The van der Waals surface area contributed by atoms with E-state index in [4.69, 9.17) is 5.73 Å². The van der Waals surface area contributed by atoms with Crippen molar-refractivity contribution in [3.8, 4) is 0 Å². The van der Waals surface area contributed by atoms with Crippen LogP contribution in [-0.2, 0) is 9.84 Å². The molecule has 4 nitrogen and oxygen atoms in total. The van der Waals surface area contributed by atoms with E-state index in [0.29, 0.717) is 6.54 Å². The molecule has 19 heavy (non-hydrogen) atoms. The molecule has 0 bridgehead atoms. The molecule has 0 aliphatic heterocycles. The van der Waals surface area contributed by atoms with Gasteiger partial charge in [-0.05, 0) is 37.8 Å². The number of nitrogens with zero attached hydrogens (tertiary/aromatic N) is 1. The lowest BCUT2D eigenvalue weighted by Crippen LogP contribution is -2.49. The van der Waals surface area contributed by atoms with Gasteiger partial charge in [0.15, 0.2) is 9.84 Å². The van der Waals surface area contributed by atoms with E-state index in [-0.39, 0.29) is 16.7 Å². The largest absolute Gasteiger partial charge is 0.330 e. The van der Waals surface area contributed by atoms with Crippen LogP contribution in [0.15, 0.2) is 0 Å². The fourth-order valence-electron chi connectivity index (χ4n) is 3.09. The molecule has 1 fully saturated rings. The van der Waals surface area contributed by atoms with Crippen molar-refractivity contribution in [2.75, 3.05) is 25.9 Å². The summed E-state index contributed by atoms with van der Waals surface area (Å²) < 4.78 is 23.9. The second kappa shape index (κ2) is 6.55. The molecule has 1 aliphatic carbocycles. The number of sulfone groups is 1. The van der Waals surface area contributed by atoms with Gasteiger partial charge >= 0.3 is 0 Å². The third kappa shape index (κ3) is 4.72. The lowest BCUT2D eigenvalue weighted by Gasteiger charge is -2.37. The molecule has 0 spiro atoms. The summed E-state index contributed by atoms with van der Waals surface area (Å²) in [5, 5.41) is -0.187. The van der Waals surface area contributed by atoms with E-state index < -0.39 is 9.84 Å². The first-order valence-electron chi connectivity index (χ1n) is 7.34. The summed E-state index contributed by atoms with van der Waals surface area (Å²) in [5.41, 5.74) is 5.87. The Balaban J connectivity index is 2.86. The molecule has 2 unspecified atom stereocenters. The third-order valence-corrected chi connectivity index (χ3v) is 5.78. The van der Waals surface area contributed by atoms with Crippen LogP contribution >= 0.6 is 0 Å². The molecule has 0 aromatic rings. The molecular weight excluding hydrogens is 260 g/mol. The van der Waals surface area contributed by atoms with Crippen LogP contribution in [0.25, 0.3) is 0 Å². The van der Waals surface area contributed by atoms with E-state index in [1.165, 1.54) is 6.26 Å². The van der Waals surface area contributed by atoms with Crippen LogP contribution in [0.5, 0.6) is 0 Å². The van der Waals surface area contributed by atoms with Crippen LogP contribution in [0.2, 0.25) is 0 Å². The van der Waals surface area contributed by atoms with Gasteiger partial charge in [0.25, 0.3) is 0 Å². The summed E-state index contributed by atoms with van der Waals surface area (Å²) in [5.74, 6) is 0. The van der Waals surface area contributed by atoms with Crippen molar-refractivity contribution in [1.29, 1.82) is 0 Å². The number of nitrogens with two attached hydrogens (primary N) is 1. The Morgan fingerprint density at radius 3 is 2.42 bits per heavy atom. The normalized spacial score (nSPS) is 25.2. The Bertz CT molecular complexity index is 379. The third-order valence-electron chi connectivity index (χ3n) is 4.13. The summed E-state index contributed by atoms with van der Waals surface area (Å²) in [7, 11) is -2.95. The van der Waals surface area contributed by atoms with Crippen molar-refractivity contribution in [3.63, 3.8) is 0 Å². The van der Waals surface area contributed by atoms with Crippen molar-refractivity contribution in [2.24, 2.45) is 11.1 Å². The summed E-state index contributed by atoms with van der Waals surface area (Å²) in [6.07, 6.45) is 5.26. The van der Waals surface area contributed by atoms with Crippen molar-refractivity contribution >= 4 is 9.84 Å². The lowest BCUT2D eigenvalue weighted by molar-refractivity contribution is 0.135. The van der Waals surface area contributed by atoms with Crippen LogP contribution < -0.4 is 5.73 Å². The number of rotatable bonds is 7. The molecule has 1 rings (SSSR count). The standard InChI is InChI=1S/C14H30N2O2S/c1-5-9-16(11-14(2,3)10-15)12-7-6-8-13(12)19(4,17)18/h12-13H,5-11,15H2,1-4H3. The first-order valence-corrected chi connectivity index (χ1v) is 9.29. The van der Waals surface area contributed by atoms with Crippen LogP contribution in [0.3, 0.4) is 0 Å². The number of hydrogen-bond acceptors (Lipinski definition) is 4. The van der Waals surface area contributed by atoms with Gasteiger partial charge in [0.05, 0.1) is 5.25 Å². The molecule has 0 radical (unpaired) electrons.